The maximum Gasteiger partial charge on any atom is 0.278 e. The van der Waals surface area contributed by atoms with E-state index in [4.69, 9.17) is 4.74 Å². The summed E-state index contributed by atoms with van der Waals surface area (Å²) < 4.78 is 7.08. The molecule has 0 saturated heterocycles. The van der Waals surface area contributed by atoms with Crippen LogP contribution in [0, 0.1) is 17.0 Å². The summed E-state index contributed by atoms with van der Waals surface area (Å²) in [6.45, 7) is 3.24. The molecular weight excluding hydrogens is 400 g/mol. The normalized spacial score (nSPS) is 10.8. The minimum Gasteiger partial charge on any atom is -0.494 e. The first-order valence-corrected chi connectivity index (χ1v) is 9.71. The Morgan fingerprint density at radius 1 is 1.23 bits per heavy atom. The van der Waals surface area contributed by atoms with Gasteiger partial charge < -0.3 is 15.0 Å². The second kappa shape index (κ2) is 9.81. The number of nitro groups is 1. The first-order chi connectivity index (χ1) is 14.8. The predicted molar refractivity (Wildman–Crippen MR) is 116 cm³/mol. The number of amides is 1. The zero-order chi connectivity index (χ0) is 22.4. The summed E-state index contributed by atoms with van der Waals surface area (Å²) in [5.41, 5.74) is 1.58. The van der Waals surface area contributed by atoms with E-state index in [0.29, 0.717) is 23.7 Å². The minimum absolute atomic E-state index is 0.0672. The monoisotopic (exact) mass is 424 g/mol. The standard InChI is InChI=1S/C21H24N6O4/c1-15-20(23-24-26(15)17-6-4-7-18(14-17)27(29)30)21(28)22-16-8-10-19(11-9-16)31-13-5-12-25(2)3/h4,6-11,14H,5,12-13H2,1-3H3,(H,22,28). The Kier molecular flexibility index (Phi) is 6.93. The quantitative estimate of drug-likeness (QED) is 0.319. The Bertz CT molecular complexity index is 1060. The Labute approximate surface area is 179 Å². The van der Waals surface area contributed by atoms with Gasteiger partial charge in [0.15, 0.2) is 5.69 Å². The van der Waals surface area contributed by atoms with Gasteiger partial charge in [-0.3, -0.25) is 14.9 Å². The molecule has 10 nitrogen and oxygen atoms in total. The smallest absolute Gasteiger partial charge is 0.278 e. The van der Waals surface area contributed by atoms with Gasteiger partial charge >= 0.3 is 0 Å². The fourth-order valence-corrected chi connectivity index (χ4v) is 2.92. The number of hydrogen-bond donors (Lipinski definition) is 1. The van der Waals surface area contributed by atoms with Gasteiger partial charge in [-0.25, -0.2) is 4.68 Å². The number of nitrogens with one attached hydrogen (secondary N) is 1. The van der Waals surface area contributed by atoms with Crippen LogP contribution in [0.15, 0.2) is 48.5 Å². The van der Waals surface area contributed by atoms with Gasteiger partial charge in [0.25, 0.3) is 11.6 Å². The van der Waals surface area contributed by atoms with Crippen molar-refractivity contribution in [3.05, 3.63) is 70.0 Å². The van der Waals surface area contributed by atoms with Crippen LogP contribution in [0.4, 0.5) is 11.4 Å². The van der Waals surface area contributed by atoms with Gasteiger partial charge in [-0.1, -0.05) is 11.3 Å². The molecule has 0 radical (unpaired) electrons. The van der Waals surface area contributed by atoms with Gasteiger partial charge in [0.2, 0.25) is 0 Å². The van der Waals surface area contributed by atoms with Gasteiger partial charge in [-0.05, 0) is 57.8 Å². The summed E-state index contributed by atoms with van der Waals surface area (Å²) in [5.74, 6) is 0.304. The summed E-state index contributed by atoms with van der Waals surface area (Å²) in [4.78, 5) is 25.2. The largest absolute Gasteiger partial charge is 0.494 e. The van der Waals surface area contributed by atoms with E-state index in [1.54, 1.807) is 43.3 Å². The third kappa shape index (κ3) is 5.64. The van der Waals surface area contributed by atoms with E-state index in [1.165, 1.54) is 16.8 Å². The molecule has 31 heavy (non-hydrogen) atoms. The molecule has 1 aromatic heterocycles. The molecular formula is C21H24N6O4. The van der Waals surface area contributed by atoms with Crippen molar-refractivity contribution in [2.24, 2.45) is 0 Å². The van der Waals surface area contributed by atoms with Crippen molar-refractivity contribution >= 4 is 17.3 Å². The number of benzene rings is 2. The van der Waals surface area contributed by atoms with Gasteiger partial charge in [0, 0.05) is 24.4 Å². The summed E-state index contributed by atoms with van der Waals surface area (Å²) in [7, 11) is 4.03. The number of ether oxygens (including phenoxy) is 1. The van der Waals surface area contributed by atoms with Crippen LogP contribution in [0.1, 0.15) is 22.6 Å². The maximum absolute atomic E-state index is 12.6. The van der Waals surface area contributed by atoms with Crippen molar-refractivity contribution in [2.45, 2.75) is 13.3 Å². The lowest BCUT2D eigenvalue weighted by molar-refractivity contribution is -0.384. The van der Waals surface area contributed by atoms with E-state index in [0.717, 1.165) is 18.7 Å². The molecule has 10 heteroatoms. The van der Waals surface area contributed by atoms with Crippen LogP contribution in [0.25, 0.3) is 5.69 Å². The van der Waals surface area contributed by atoms with Crippen LogP contribution in [0.5, 0.6) is 5.75 Å². The highest BCUT2D eigenvalue weighted by Crippen LogP contribution is 2.20. The maximum atomic E-state index is 12.6. The number of nitrogens with zero attached hydrogens (tertiary/aromatic N) is 5. The number of nitro benzene ring substituents is 1. The summed E-state index contributed by atoms with van der Waals surface area (Å²) in [5, 5.41) is 21.7. The minimum atomic E-state index is -0.487. The molecule has 0 aliphatic carbocycles. The van der Waals surface area contributed by atoms with E-state index in [9.17, 15) is 14.9 Å². The Morgan fingerprint density at radius 2 is 1.97 bits per heavy atom. The highest BCUT2D eigenvalue weighted by molar-refractivity contribution is 6.03. The lowest BCUT2D eigenvalue weighted by Crippen LogP contribution is -2.15. The van der Waals surface area contributed by atoms with Crippen LogP contribution in [0.3, 0.4) is 0 Å². The van der Waals surface area contributed by atoms with Gasteiger partial charge in [0.1, 0.15) is 5.75 Å². The number of carbonyl (C=O) groups is 1. The molecule has 3 aromatic rings. The first-order valence-electron chi connectivity index (χ1n) is 9.71. The number of non-ortho nitro benzene ring substituents is 1. The molecule has 1 amide bonds. The molecule has 0 saturated carbocycles. The summed E-state index contributed by atoms with van der Waals surface area (Å²) >= 11 is 0. The highest BCUT2D eigenvalue weighted by Gasteiger charge is 2.18. The summed E-state index contributed by atoms with van der Waals surface area (Å²) in [6, 6.07) is 13.1. The molecule has 0 spiro atoms. The second-order valence-electron chi connectivity index (χ2n) is 7.20. The number of rotatable bonds is 9. The third-order valence-electron chi connectivity index (χ3n) is 4.53. The molecule has 0 atom stereocenters. The fourth-order valence-electron chi connectivity index (χ4n) is 2.92. The van der Waals surface area contributed by atoms with Crippen molar-refractivity contribution in [3.8, 4) is 11.4 Å². The lowest BCUT2D eigenvalue weighted by atomic mass is 10.2. The Hall–Kier alpha value is -3.79. The molecule has 1 heterocycles. The molecule has 0 bridgehead atoms. The van der Waals surface area contributed by atoms with Crippen LogP contribution < -0.4 is 10.1 Å². The zero-order valence-corrected chi connectivity index (χ0v) is 17.6. The van der Waals surface area contributed by atoms with Crippen molar-refractivity contribution in [3.63, 3.8) is 0 Å². The predicted octanol–water partition coefficient (Wildman–Crippen LogP) is 3.07. The van der Waals surface area contributed by atoms with E-state index in [2.05, 4.69) is 20.5 Å². The lowest BCUT2D eigenvalue weighted by Gasteiger charge is -2.11. The van der Waals surface area contributed by atoms with E-state index >= 15 is 0 Å². The Morgan fingerprint density at radius 3 is 2.65 bits per heavy atom. The molecule has 2 aromatic carbocycles. The second-order valence-corrected chi connectivity index (χ2v) is 7.20. The number of hydrogen-bond acceptors (Lipinski definition) is 7. The topological polar surface area (TPSA) is 115 Å². The fraction of sp³-hybridized carbons (Fsp3) is 0.286. The van der Waals surface area contributed by atoms with Crippen molar-refractivity contribution in [1.82, 2.24) is 19.9 Å². The van der Waals surface area contributed by atoms with E-state index in [-0.39, 0.29) is 11.4 Å². The molecule has 0 unspecified atom stereocenters. The highest BCUT2D eigenvalue weighted by atomic mass is 16.6. The Balaban J connectivity index is 1.65. The SMILES string of the molecule is Cc1c(C(=O)Nc2ccc(OCCCN(C)C)cc2)nnn1-c1cccc([N+](=O)[O-])c1. The van der Waals surface area contributed by atoms with Crippen LogP contribution in [-0.2, 0) is 0 Å². The number of aromatic nitrogens is 3. The third-order valence-corrected chi connectivity index (χ3v) is 4.53. The van der Waals surface area contributed by atoms with Crippen molar-refractivity contribution < 1.29 is 14.5 Å². The average molecular weight is 424 g/mol. The van der Waals surface area contributed by atoms with Crippen LogP contribution in [0.2, 0.25) is 0 Å². The van der Waals surface area contributed by atoms with E-state index < -0.39 is 10.8 Å². The van der Waals surface area contributed by atoms with Crippen molar-refractivity contribution in [1.29, 1.82) is 0 Å². The number of anilines is 1. The van der Waals surface area contributed by atoms with E-state index in [1.807, 2.05) is 14.1 Å². The first kappa shape index (κ1) is 21.9. The molecule has 162 valence electrons. The summed E-state index contributed by atoms with van der Waals surface area (Å²) in [6.07, 6.45) is 0.922. The van der Waals surface area contributed by atoms with Gasteiger partial charge in [-0.15, -0.1) is 5.10 Å². The molecule has 3 rings (SSSR count). The number of carbonyl (C=O) groups excluding carboxylic acids is 1. The molecule has 0 fully saturated rings. The molecule has 0 aliphatic rings. The van der Waals surface area contributed by atoms with Crippen molar-refractivity contribution in [2.75, 3.05) is 32.6 Å². The zero-order valence-electron chi connectivity index (χ0n) is 17.6. The van der Waals surface area contributed by atoms with Gasteiger partial charge in [0.05, 0.1) is 22.9 Å². The molecule has 1 N–H and O–H groups in total. The molecule has 0 aliphatic heterocycles. The average Bonchev–Trinajstić information content (AvgIpc) is 3.13. The van der Waals surface area contributed by atoms with Crippen LogP contribution in [-0.4, -0.2) is 58.0 Å². The van der Waals surface area contributed by atoms with Gasteiger partial charge in [-0.2, -0.15) is 0 Å². The van der Waals surface area contributed by atoms with Crippen LogP contribution >= 0.6 is 0 Å².